The zero-order chi connectivity index (χ0) is 10.3. The Labute approximate surface area is 92.9 Å². The highest BCUT2D eigenvalue weighted by Gasteiger charge is 2.50. The Bertz CT molecular complexity index is 251. The molecular weight excluding hydrogens is 182 g/mol. The Balaban J connectivity index is 1.68. The maximum atomic E-state index is 8.63. The number of rotatable bonds is 3. The first-order chi connectivity index (χ1) is 7.30. The van der Waals surface area contributed by atoms with Gasteiger partial charge in [-0.25, -0.2) is 0 Å². The minimum Gasteiger partial charge on any atom is -0.198 e. The van der Waals surface area contributed by atoms with Crippen LogP contribution in [0.1, 0.15) is 57.8 Å². The minimum absolute atomic E-state index is 0.700. The molecular formula is C14H21N. The van der Waals surface area contributed by atoms with Crippen molar-refractivity contribution < 1.29 is 0 Å². The molecule has 0 aromatic heterocycles. The lowest BCUT2D eigenvalue weighted by molar-refractivity contribution is -0.0579. The Morgan fingerprint density at radius 2 is 1.53 bits per heavy atom. The maximum Gasteiger partial charge on any atom is 0.0621 e. The van der Waals surface area contributed by atoms with Gasteiger partial charge < -0.3 is 0 Å². The molecule has 4 bridgehead atoms. The summed E-state index contributed by atoms with van der Waals surface area (Å²) in [6, 6.07) is 2.30. The van der Waals surface area contributed by atoms with E-state index in [0.717, 1.165) is 30.6 Å². The number of unbranched alkanes of at least 4 members (excludes halogenated alkanes) is 1. The lowest BCUT2D eigenvalue weighted by atomic mass is 9.48. The molecule has 0 heterocycles. The third-order valence-electron chi connectivity index (χ3n) is 5.16. The van der Waals surface area contributed by atoms with Crippen molar-refractivity contribution in [2.75, 3.05) is 0 Å². The van der Waals surface area contributed by atoms with E-state index in [0.29, 0.717) is 5.41 Å². The van der Waals surface area contributed by atoms with Crippen molar-refractivity contribution in [2.24, 2.45) is 23.2 Å². The van der Waals surface area contributed by atoms with Crippen LogP contribution in [-0.2, 0) is 0 Å². The summed E-state index contributed by atoms with van der Waals surface area (Å²) in [5.74, 6) is 3.20. The molecule has 0 amide bonds. The highest BCUT2D eigenvalue weighted by Crippen LogP contribution is 2.61. The first kappa shape index (κ1) is 9.70. The van der Waals surface area contributed by atoms with Crippen molar-refractivity contribution in [2.45, 2.75) is 57.8 Å². The van der Waals surface area contributed by atoms with E-state index in [9.17, 15) is 0 Å². The number of nitrogens with zero attached hydrogens (tertiary/aromatic N) is 1. The van der Waals surface area contributed by atoms with Crippen molar-refractivity contribution in [1.29, 1.82) is 5.26 Å². The van der Waals surface area contributed by atoms with Crippen LogP contribution in [-0.4, -0.2) is 0 Å². The van der Waals surface area contributed by atoms with Crippen LogP contribution < -0.4 is 0 Å². The van der Waals surface area contributed by atoms with E-state index in [4.69, 9.17) is 5.26 Å². The van der Waals surface area contributed by atoms with Crippen LogP contribution in [0, 0.1) is 34.5 Å². The third-order valence-corrected chi connectivity index (χ3v) is 5.16. The molecule has 4 aliphatic rings. The van der Waals surface area contributed by atoms with Crippen molar-refractivity contribution >= 4 is 0 Å². The molecule has 0 aromatic rings. The normalized spacial score (nSPS) is 46.7. The van der Waals surface area contributed by atoms with Crippen molar-refractivity contribution in [3.8, 4) is 6.07 Å². The SMILES string of the molecule is N#CCCCC12CC3CC(CC(C3)C1)C2. The standard InChI is InChI=1S/C14H21N/c15-4-2-1-3-14-8-11-5-12(9-14)7-13(6-11)10-14/h11-13H,1-3,5-10H2. The summed E-state index contributed by atoms with van der Waals surface area (Å²) in [5.41, 5.74) is 0.700. The molecule has 4 fully saturated rings. The van der Waals surface area contributed by atoms with Gasteiger partial charge in [0.05, 0.1) is 6.07 Å². The van der Waals surface area contributed by atoms with Crippen LogP contribution in [0.3, 0.4) is 0 Å². The van der Waals surface area contributed by atoms with E-state index in [-0.39, 0.29) is 0 Å². The van der Waals surface area contributed by atoms with E-state index in [2.05, 4.69) is 6.07 Å². The van der Waals surface area contributed by atoms with E-state index >= 15 is 0 Å². The Morgan fingerprint density at radius 3 is 2.00 bits per heavy atom. The lowest BCUT2D eigenvalue weighted by Crippen LogP contribution is -2.45. The molecule has 0 radical (unpaired) electrons. The van der Waals surface area contributed by atoms with Gasteiger partial charge in [-0.2, -0.15) is 5.26 Å². The summed E-state index contributed by atoms with van der Waals surface area (Å²) in [5, 5.41) is 8.63. The second-order valence-corrected chi connectivity index (χ2v) is 6.43. The number of hydrogen-bond donors (Lipinski definition) is 0. The largest absolute Gasteiger partial charge is 0.198 e. The quantitative estimate of drug-likeness (QED) is 0.638. The summed E-state index contributed by atoms with van der Waals surface area (Å²) in [6.45, 7) is 0. The first-order valence-corrected chi connectivity index (χ1v) is 6.67. The van der Waals surface area contributed by atoms with Gasteiger partial charge in [-0.05, 0) is 74.5 Å². The molecule has 4 aliphatic carbocycles. The molecule has 1 nitrogen and oxygen atoms in total. The fraction of sp³-hybridized carbons (Fsp3) is 0.929. The summed E-state index contributed by atoms with van der Waals surface area (Å²) in [4.78, 5) is 0. The molecule has 1 heteroatoms. The van der Waals surface area contributed by atoms with Gasteiger partial charge in [0.25, 0.3) is 0 Å². The van der Waals surface area contributed by atoms with Crippen molar-refractivity contribution in [3.63, 3.8) is 0 Å². The second-order valence-electron chi connectivity index (χ2n) is 6.43. The molecule has 0 spiro atoms. The molecule has 0 aliphatic heterocycles. The smallest absolute Gasteiger partial charge is 0.0621 e. The number of hydrogen-bond acceptors (Lipinski definition) is 1. The third kappa shape index (κ3) is 1.69. The number of nitriles is 1. The van der Waals surface area contributed by atoms with Gasteiger partial charge in [0.1, 0.15) is 0 Å². The van der Waals surface area contributed by atoms with Crippen LogP contribution in [0.4, 0.5) is 0 Å². The molecule has 0 aromatic carbocycles. The van der Waals surface area contributed by atoms with Gasteiger partial charge in [-0.3, -0.25) is 0 Å². The molecule has 0 N–H and O–H groups in total. The van der Waals surface area contributed by atoms with E-state index in [1.54, 1.807) is 0 Å². The highest BCUT2D eigenvalue weighted by molar-refractivity contribution is 5.01. The maximum absolute atomic E-state index is 8.63. The van der Waals surface area contributed by atoms with Crippen LogP contribution in [0.2, 0.25) is 0 Å². The van der Waals surface area contributed by atoms with Gasteiger partial charge in [-0.1, -0.05) is 0 Å². The molecule has 4 rings (SSSR count). The van der Waals surface area contributed by atoms with Crippen LogP contribution >= 0.6 is 0 Å². The predicted molar refractivity (Wildman–Crippen MR) is 60.1 cm³/mol. The van der Waals surface area contributed by atoms with Gasteiger partial charge in [0.15, 0.2) is 0 Å². The topological polar surface area (TPSA) is 23.8 Å². The van der Waals surface area contributed by atoms with Gasteiger partial charge in [-0.15, -0.1) is 0 Å². The van der Waals surface area contributed by atoms with E-state index < -0.39 is 0 Å². The van der Waals surface area contributed by atoms with E-state index in [1.165, 1.54) is 44.9 Å². The Morgan fingerprint density at radius 1 is 1.00 bits per heavy atom. The van der Waals surface area contributed by atoms with Crippen molar-refractivity contribution in [1.82, 2.24) is 0 Å². The van der Waals surface area contributed by atoms with Gasteiger partial charge >= 0.3 is 0 Å². The fourth-order valence-corrected chi connectivity index (χ4v) is 5.14. The molecule has 15 heavy (non-hydrogen) atoms. The highest BCUT2D eigenvalue weighted by atomic mass is 14.5. The first-order valence-electron chi connectivity index (χ1n) is 6.67. The molecule has 0 atom stereocenters. The zero-order valence-corrected chi connectivity index (χ0v) is 9.54. The summed E-state index contributed by atoms with van der Waals surface area (Å²) in [7, 11) is 0. The lowest BCUT2D eigenvalue weighted by Gasteiger charge is -2.57. The Kier molecular flexibility index (Phi) is 2.27. The molecule has 4 saturated carbocycles. The molecule has 0 saturated heterocycles. The monoisotopic (exact) mass is 203 g/mol. The molecule has 82 valence electrons. The molecule has 0 unspecified atom stereocenters. The van der Waals surface area contributed by atoms with E-state index in [1.807, 2.05) is 0 Å². The Hall–Kier alpha value is -0.510. The van der Waals surface area contributed by atoms with Crippen molar-refractivity contribution in [3.05, 3.63) is 0 Å². The predicted octanol–water partition coefficient (Wildman–Crippen LogP) is 3.90. The fourth-order valence-electron chi connectivity index (χ4n) is 5.14. The van der Waals surface area contributed by atoms with Crippen LogP contribution in [0.15, 0.2) is 0 Å². The second kappa shape index (κ2) is 3.51. The zero-order valence-electron chi connectivity index (χ0n) is 9.54. The van der Waals surface area contributed by atoms with Gasteiger partial charge in [0, 0.05) is 6.42 Å². The summed E-state index contributed by atoms with van der Waals surface area (Å²) in [6.07, 6.45) is 12.4. The van der Waals surface area contributed by atoms with Gasteiger partial charge in [0.2, 0.25) is 0 Å². The minimum atomic E-state index is 0.700. The van der Waals surface area contributed by atoms with Crippen LogP contribution in [0.25, 0.3) is 0 Å². The van der Waals surface area contributed by atoms with Crippen LogP contribution in [0.5, 0.6) is 0 Å². The summed E-state index contributed by atoms with van der Waals surface area (Å²) >= 11 is 0. The summed E-state index contributed by atoms with van der Waals surface area (Å²) < 4.78 is 0. The average Bonchev–Trinajstić information content (AvgIpc) is 2.15. The average molecular weight is 203 g/mol.